The molecule has 1 N–H and O–H groups in total. The van der Waals surface area contributed by atoms with Crippen LogP contribution in [-0.4, -0.2) is 26.5 Å². The summed E-state index contributed by atoms with van der Waals surface area (Å²) < 4.78 is 3.12. The second kappa shape index (κ2) is 7.13. The fourth-order valence-electron chi connectivity index (χ4n) is 2.83. The number of thioether (sulfide) groups is 1. The Morgan fingerprint density at radius 3 is 2.65 bits per heavy atom. The first-order chi connectivity index (χ1) is 12.6. The number of anilines is 2. The lowest BCUT2D eigenvalue weighted by Crippen LogP contribution is -2.30. The molecule has 2 aromatic carbocycles. The van der Waals surface area contributed by atoms with Crippen molar-refractivity contribution in [2.75, 3.05) is 16.1 Å². The van der Waals surface area contributed by atoms with Gasteiger partial charge in [0.2, 0.25) is 5.91 Å². The van der Waals surface area contributed by atoms with E-state index in [0.29, 0.717) is 6.67 Å². The number of nitrogens with zero attached hydrogens (tertiary/aromatic N) is 4. The lowest BCUT2D eigenvalue weighted by atomic mass is 10.2. The van der Waals surface area contributed by atoms with Gasteiger partial charge in [0.15, 0.2) is 11.0 Å². The molecule has 0 atom stereocenters. The Bertz CT molecular complexity index is 956. The van der Waals surface area contributed by atoms with Gasteiger partial charge in [-0.15, -0.1) is 10.2 Å². The normalized spacial score (nSPS) is 13.4. The maximum atomic E-state index is 11.2. The van der Waals surface area contributed by atoms with Crippen LogP contribution in [0.2, 0.25) is 0 Å². The molecule has 3 aromatic rings. The molecule has 1 amide bonds. The largest absolute Gasteiger partial charge is 0.344 e. The quantitative estimate of drug-likeness (QED) is 0.675. The van der Waals surface area contributed by atoms with Crippen molar-refractivity contribution in [3.8, 4) is 11.4 Å². The average Bonchev–Trinajstić information content (AvgIpc) is 3.05. The van der Waals surface area contributed by atoms with Crippen LogP contribution in [0.4, 0.5) is 11.4 Å². The Morgan fingerprint density at radius 1 is 1.15 bits per heavy atom. The predicted octanol–water partition coefficient (Wildman–Crippen LogP) is 4.19. The first-order valence-electron chi connectivity index (χ1n) is 8.05. The van der Waals surface area contributed by atoms with E-state index in [0.717, 1.165) is 38.3 Å². The van der Waals surface area contributed by atoms with Crippen LogP contribution in [0.25, 0.3) is 11.4 Å². The molecule has 0 saturated carbocycles. The number of aromatic nitrogens is 3. The van der Waals surface area contributed by atoms with E-state index in [9.17, 15) is 4.79 Å². The van der Waals surface area contributed by atoms with Gasteiger partial charge in [-0.1, -0.05) is 45.9 Å². The minimum Gasteiger partial charge on any atom is -0.344 e. The lowest BCUT2D eigenvalue weighted by Gasteiger charge is -2.30. The van der Waals surface area contributed by atoms with Crippen molar-refractivity contribution < 1.29 is 4.79 Å². The molecule has 0 unspecified atom stereocenters. The zero-order chi connectivity index (χ0) is 18.1. The molecule has 1 aliphatic rings. The molecule has 1 aromatic heterocycles. The van der Waals surface area contributed by atoms with Crippen LogP contribution in [0.5, 0.6) is 0 Å². The highest BCUT2D eigenvalue weighted by Crippen LogP contribution is 2.34. The maximum absolute atomic E-state index is 11.2. The first kappa shape index (κ1) is 17.1. The third-order valence-corrected chi connectivity index (χ3v) is 5.74. The molecule has 0 saturated heterocycles. The standard InChI is InChI=1S/C18H16BrN5OS/c1-12(25)20-13-6-8-14(9-7-13)23-10-24-17(21-22-18(24)26-11-23)15-4-2-3-5-16(15)19/h2-9H,10-11H2,1H3,(H,20,25). The van der Waals surface area contributed by atoms with Gasteiger partial charge in [-0.3, -0.25) is 9.36 Å². The predicted molar refractivity (Wildman–Crippen MR) is 107 cm³/mol. The zero-order valence-corrected chi connectivity index (χ0v) is 16.4. The Hall–Kier alpha value is -2.32. The topological polar surface area (TPSA) is 63.1 Å². The highest BCUT2D eigenvalue weighted by Gasteiger charge is 2.23. The monoisotopic (exact) mass is 429 g/mol. The van der Waals surface area contributed by atoms with Crippen LogP contribution in [0.1, 0.15) is 6.92 Å². The molecule has 0 spiro atoms. The second-order valence-corrected chi connectivity index (χ2v) is 7.66. The molecule has 1 aliphatic heterocycles. The number of nitrogens with one attached hydrogen (secondary N) is 1. The maximum Gasteiger partial charge on any atom is 0.221 e. The number of hydrogen-bond acceptors (Lipinski definition) is 5. The summed E-state index contributed by atoms with van der Waals surface area (Å²) in [5.41, 5.74) is 2.91. The third kappa shape index (κ3) is 3.34. The van der Waals surface area contributed by atoms with Crippen LogP contribution < -0.4 is 10.2 Å². The minimum absolute atomic E-state index is 0.0708. The van der Waals surface area contributed by atoms with Crippen molar-refractivity contribution in [3.05, 3.63) is 53.0 Å². The molecular formula is C18H16BrN5OS. The molecule has 2 heterocycles. The summed E-state index contributed by atoms with van der Waals surface area (Å²) in [6, 6.07) is 15.9. The van der Waals surface area contributed by atoms with E-state index in [1.54, 1.807) is 11.8 Å². The van der Waals surface area contributed by atoms with Gasteiger partial charge in [0, 0.05) is 28.3 Å². The number of rotatable bonds is 3. The van der Waals surface area contributed by atoms with Crippen molar-refractivity contribution in [2.45, 2.75) is 18.7 Å². The van der Waals surface area contributed by atoms with Crippen LogP contribution in [0.15, 0.2) is 58.2 Å². The summed E-state index contributed by atoms with van der Waals surface area (Å²) in [4.78, 5) is 13.4. The lowest BCUT2D eigenvalue weighted by molar-refractivity contribution is -0.114. The summed E-state index contributed by atoms with van der Waals surface area (Å²) in [7, 11) is 0. The van der Waals surface area contributed by atoms with E-state index in [1.165, 1.54) is 6.92 Å². The van der Waals surface area contributed by atoms with Gasteiger partial charge < -0.3 is 10.2 Å². The Kier molecular flexibility index (Phi) is 4.69. The molecule has 132 valence electrons. The molecule has 0 aliphatic carbocycles. The van der Waals surface area contributed by atoms with Crippen LogP contribution in [0, 0.1) is 0 Å². The van der Waals surface area contributed by atoms with Crippen LogP contribution >= 0.6 is 27.7 Å². The zero-order valence-electron chi connectivity index (χ0n) is 14.0. The van der Waals surface area contributed by atoms with Gasteiger partial charge in [-0.05, 0) is 30.3 Å². The van der Waals surface area contributed by atoms with E-state index in [4.69, 9.17) is 0 Å². The van der Waals surface area contributed by atoms with Crippen molar-refractivity contribution in [3.63, 3.8) is 0 Å². The number of halogens is 1. The Balaban J connectivity index is 1.61. The molecular weight excluding hydrogens is 414 g/mol. The fraction of sp³-hybridized carbons (Fsp3) is 0.167. The molecule has 0 fully saturated rings. The van der Waals surface area contributed by atoms with E-state index >= 15 is 0 Å². The number of carbonyl (C=O) groups excluding carboxylic acids is 1. The van der Waals surface area contributed by atoms with Gasteiger partial charge in [-0.25, -0.2) is 0 Å². The summed E-state index contributed by atoms with van der Waals surface area (Å²) in [5, 5.41) is 12.4. The summed E-state index contributed by atoms with van der Waals surface area (Å²) in [6.45, 7) is 2.18. The van der Waals surface area contributed by atoms with E-state index in [2.05, 4.69) is 40.9 Å². The van der Waals surface area contributed by atoms with Crippen molar-refractivity contribution >= 4 is 45.0 Å². The van der Waals surface area contributed by atoms with Gasteiger partial charge in [0.25, 0.3) is 0 Å². The molecule has 8 heteroatoms. The fourth-order valence-corrected chi connectivity index (χ4v) is 4.19. The molecule has 26 heavy (non-hydrogen) atoms. The van der Waals surface area contributed by atoms with E-state index in [1.807, 2.05) is 48.5 Å². The average molecular weight is 430 g/mol. The third-order valence-electron chi connectivity index (χ3n) is 4.05. The van der Waals surface area contributed by atoms with Crippen molar-refractivity contribution in [2.24, 2.45) is 0 Å². The number of hydrogen-bond donors (Lipinski definition) is 1. The molecule has 0 radical (unpaired) electrons. The first-order valence-corrected chi connectivity index (χ1v) is 9.83. The smallest absolute Gasteiger partial charge is 0.221 e. The molecule has 0 bridgehead atoms. The Morgan fingerprint density at radius 2 is 1.92 bits per heavy atom. The number of fused-ring (bicyclic) bond motifs is 1. The molecule has 4 rings (SSSR count). The second-order valence-electron chi connectivity index (χ2n) is 5.90. The minimum atomic E-state index is -0.0708. The highest BCUT2D eigenvalue weighted by molar-refractivity contribution is 9.10. The number of carbonyl (C=O) groups is 1. The van der Waals surface area contributed by atoms with E-state index < -0.39 is 0 Å². The van der Waals surface area contributed by atoms with Gasteiger partial charge in [-0.2, -0.15) is 0 Å². The van der Waals surface area contributed by atoms with Crippen molar-refractivity contribution in [1.29, 1.82) is 0 Å². The Labute approximate surface area is 163 Å². The summed E-state index contributed by atoms with van der Waals surface area (Å²) >= 11 is 5.26. The van der Waals surface area contributed by atoms with Crippen LogP contribution in [-0.2, 0) is 11.5 Å². The van der Waals surface area contributed by atoms with Gasteiger partial charge in [0.05, 0.1) is 12.5 Å². The summed E-state index contributed by atoms with van der Waals surface area (Å²) in [5.74, 6) is 1.58. The molecule has 6 nitrogen and oxygen atoms in total. The SMILES string of the molecule is CC(=O)Nc1ccc(N2CSc3nnc(-c4ccccc4Br)n3C2)cc1. The summed E-state index contributed by atoms with van der Waals surface area (Å²) in [6.07, 6.45) is 0. The van der Waals surface area contributed by atoms with E-state index in [-0.39, 0.29) is 5.91 Å². The van der Waals surface area contributed by atoms with Crippen LogP contribution in [0.3, 0.4) is 0 Å². The van der Waals surface area contributed by atoms with Gasteiger partial charge in [0.1, 0.15) is 0 Å². The highest BCUT2D eigenvalue weighted by atomic mass is 79.9. The number of amides is 1. The van der Waals surface area contributed by atoms with Gasteiger partial charge >= 0.3 is 0 Å². The number of benzene rings is 2. The van der Waals surface area contributed by atoms with Crippen molar-refractivity contribution in [1.82, 2.24) is 14.8 Å².